The molecule has 3 rings (SSSR count). The minimum absolute atomic E-state index is 0.0748. The first-order valence-electron chi connectivity index (χ1n) is 7.07. The second-order valence-electron chi connectivity index (χ2n) is 5.41. The van der Waals surface area contributed by atoms with Crippen LogP contribution in [0.2, 0.25) is 0 Å². The van der Waals surface area contributed by atoms with Gasteiger partial charge in [-0.25, -0.2) is 4.39 Å². The lowest BCUT2D eigenvalue weighted by molar-refractivity contribution is 0.230. The molecule has 1 heterocycles. The molecule has 2 aliphatic rings. The molecular formula is C15H21FN2. The van der Waals surface area contributed by atoms with Crippen LogP contribution in [0.5, 0.6) is 0 Å². The Kier molecular flexibility index (Phi) is 3.62. The number of nitrogens with zero attached hydrogens (tertiary/aromatic N) is 1. The molecule has 1 N–H and O–H groups in total. The summed E-state index contributed by atoms with van der Waals surface area (Å²) in [6, 6.07) is 4.15. The van der Waals surface area contributed by atoms with E-state index in [9.17, 15) is 4.39 Å². The number of piperazine rings is 1. The van der Waals surface area contributed by atoms with E-state index in [-0.39, 0.29) is 5.82 Å². The van der Waals surface area contributed by atoms with Crippen molar-refractivity contribution in [3.63, 3.8) is 0 Å². The van der Waals surface area contributed by atoms with E-state index in [1.165, 1.54) is 12.0 Å². The van der Waals surface area contributed by atoms with E-state index >= 15 is 0 Å². The molecule has 0 amide bonds. The van der Waals surface area contributed by atoms with Gasteiger partial charge in [0.2, 0.25) is 0 Å². The predicted molar refractivity (Wildman–Crippen MR) is 71.2 cm³/mol. The summed E-state index contributed by atoms with van der Waals surface area (Å²) in [5.74, 6) is 0.0748. The molecule has 1 aliphatic carbocycles. The maximum absolute atomic E-state index is 14.5. The third kappa shape index (κ3) is 2.43. The van der Waals surface area contributed by atoms with Gasteiger partial charge in [0.1, 0.15) is 5.82 Å². The van der Waals surface area contributed by atoms with Crippen molar-refractivity contribution in [2.24, 2.45) is 0 Å². The molecule has 1 fully saturated rings. The molecule has 1 aliphatic heterocycles. The van der Waals surface area contributed by atoms with Gasteiger partial charge in [-0.05, 0) is 36.8 Å². The second kappa shape index (κ2) is 5.37. The minimum Gasteiger partial charge on any atom is -0.314 e. The van der Waals surface area contributed by atoms with Crippen molar-refractivity contribution >= 4 is 0 Å². The third-order valence-corrected chi connectivity index (χ3v) is 4.15. The molecule has 0 aromatic heterocycles. The lowest BCUT2D eigenvalue weighted by Crippen LogP contribution is -2.43. The molecule has 0 bridgehead atoms. The van der Waals surface area contributed by atoms with Gasteiger partial charge in [-0.15, -0.1) is 0 Å². The molecule has 3 heteroatoms. The summed E-state index contributed by atoms with van der Waals surface area (Å²) in [5.41, 5.74) is 3.12. The molecule has 1 aromatic rings. The number of hydrogen-bond donors (Lipinski definition) is 1. The molecular weight excluding hydrogens is 227 g/mol. The number of aryl methyl sites for hydroxylation is 1. The minimum atomic E-state index is 0.0748. The monoisotopic (exact) mass is 248 g/mol. The second-order valence-corrected chi connectivity index (χ2v) is 5.41. The number of nitrogens with one attached hydrogen (secondary N) is 1. The van der Waals surface area contributed by atoms with Crippen molar-refractivity contribution < 1.29 is 4.39 Å². The number of rotatable bonds is 2. The van der Waals surface area contributed by atoms with Crippen LogP contribution in [-0.2, 0) is 19.4 Å². The maximum atomic E-state index is 14.5. The highest BCUT2D eigenvalue weighted by Gasteiger charge is 2.18. The summed E-state index contributed by atoms with van der Waals surface area (Å²) in [5, 5.41) is 3.33. The highest BCUT2D eigenvalue weighted by Crippen LogP contribution is 2.26. The van der Waals surface area contributed by atoms with Crippen molar-refractivity contribution in [3.8, 4) is 0 Å². The Morgan fingerprint density at radius 3 is 2.72 bits per heavy atom. The first kappa shape index (κ1) is 12.1. The van der Waals surface area contributed by atoms with Gasteiger partial charge in [-0.1, -0.05) is 12.1 Å². The lowest BCUT2D eigenvalue weighted by Gasteiger charge is -2.28. The SMILES string of the molecule is Fc1c(CN2CCNCC2)ccc2c1CCCC2. The van der Waals surface area contributed by atoms with Gasteiger partial charge in [0.05, 0.1) is 0 Å². The van der Waals surface area contributed by atoms with Gasteiger partial charge >= 0.3 is 0 Å². The molecule has 0 saturated carbocycles. The van der Waals surface area contributed by atoms with E-state index in [0.717, 1.165) is 63.1 Å². The molecule has 0 atom stereocenters. The maximum Gasteiger partial charge on any atom is 0.131 e. The first-order chi connectivity index (χ1) is 8.84. The Morgan fingerprint density at radius 2 is 1.89 bits per heavy atom. The fourth-order valence-corrected chi connectivity index (χ4v) is 3.06. The Morgan fingerprint density at radius 1 is 1.11 bits per heavy atom. The molecule has 98 valence electrons. The van der Waals surface area contributed by atoms with Gasteiger partial charge in [0, 0.05) is 38.3 Å². The zero-order chi connectivity index (χ0) is 12.4. The number of halogens is 1. The van der Waals surface area contributed by atoms with Crippen molar-refractivity contribution in [2.75, 3.05) is 26.2 Å². The third-order valence-electron chi connectivity index (χ3n) is 4.15. The van der Waals surface area contributed by atoms with Crippen LogP contribution in [-0.4, -0.2) is 31.1 Å². The largest absolute Gasteiger partial charge is 0.314 e. The summed E-state index contributed by atoms with van der Waals surface area (Å²) in [6.45, 7) is 4.85. The standard InChI is InChI=1S/C15H21FN2/c16-15-13(11-18-9-7-17-8-10-18)6-5-12-3-1-2-4-14(12)15/h5-6,17H,1-4,7-11H2. The lowest BCUT2D eigenvalue weighted by atomic mass is 9.89. The van der Waals surface area contributed by atoms with E-state index in [1.54, 1.807) is 0 Å². The molecule has 0 radical (unpaired) electrons. The quantitative estimate of drug-likeness (QED) is 0.862. The summed E-state index contributed by atoms with van der Waals surface area (Å²) in [6.07, 6.45) is 4.33. The molecule has 0 unspecified atom stereocenters. The van der Waals surface area contributed by atoms with Gasteiger partial charge < -0.3 is 5.32 Å². The van der Waals surface area contributed by atoms with Gasteiger partial charge in [0.25, 0.3) is 0 Å². The smallest absolute Gasteiger partial charge is 0.131 e. The predicted octanol–water partition coefficient (Wildman–Crippen LogP) is 2.11. The van der Waals surface area contributed by atoms with E-state index in [1.807, 2.05) is 6.07 Å². The molecule has 1 aromatic carbocycles. The first-order valence-corrected chi connectivity index (χ1v) is 7.07. The van der Waals surface area contributed by atoms with Gasteiger partial charge in [-0.2, -0.15) is 0 Å². The van der Waals surface area contributed by atoms with Crippen LogP contribution in [0.15, 0.2) is 12.1 Å². The zero-order valence-corrected chi connectivity index (χ0v) is 10.8. The summed E-state index contributed by atoms with van der Waals surface area (Å²) < 4.78 is 14.5. The number of fused-ring (bicyclic) bond motifs is 1. The van der Waals surface area contributed by atoms with Gasteiger partial charge in [-0.3, -0.25) is 4.90 Å². The van der Waals surface area contributed by atoms with Crippen LogP contribution in [0.3, 0.4) is 0 Å². The Bertz CT molecular complexity index is 425. The van der Waals surface area contributed by atoms with E-state index in [0.29, 0.717) is 0 Å². The van der Waals surface area contributed by atoms with Crippen molar-refractivity contribution in [3.05, 3.63) is 34.6 Å². The van der Waals surface area contributed by atoms with Crippen molar-refractivity contribution in [1.82, 2.24) is 10.2 Å². The highest BCUT2D eigenvalue weighted by molar-refractivity contribution is 5.35. The van der Waals surface area contributed by atoms with Crippen LogP contribution in [0.25, 0.3) is 0 Å². The van der Waals surface area contributed by atoms with Crippen molar-refractivity contribution in [1.29, 1.82) is 0 Å². The Hall–Kier alpha value is -0.930. The summed E-state index contributed by atoms with van der Waals surface area (Å²) in [7, 11) is 0. The molecule has 0 spiro atoms. The topological polar surface area (TPSA) is 15.3 Å². The van der Waals surface area contributed by atoms with Crippen LogP contribution in [0, 0.1) is 5.82 Å². The van der Waals surface area contributed by atoms with Crippen LogP contribution in [0.1, 0.15) is 29.5 Å². The normalized spacial score (nSPS) is 20.7. The average Bonchev–Trinajstić information content (AvgIpc) is 2.43. The van der Waals surface area contributed by atoms with Crippen LogP contribution >= 0.6 is 0 Å². The average molecular weight is 248 g/mol. The molecule has 2 nitrogen and oxygen atoms in total. The summed E-state index contributed by atoms with van der Waals surface area (Å²) in [4.78, 5) is 2.34. The van der Waals surface area contributed by atoms with Gasteiger partial charge in [0.15, 0.2) is 0 Å². The van der Waals surface area contributed by atoms with Crippen LogP contribution < -0.4 is 5.32 Å². The van der Waals surface area contributed by atoms with E-state index in [4.69, 9.17) is 0 Å². The van der Waals surface area contributed by atoms with Crippen molar-refractivity contribution in [2.45, 2.75) is 32.2 Å². The fourth-order valence-electron chi connectivity index (χ4n) is 3.06. The van der Waals surface area contributed by atoms with E-state index in [2.05, 4.69) is 16.3 Å². The fraction of sp³-hybridized carbons (Fsp3) is 0.600. The molecule has 18 heavy (non-hydrogen) atoms. The Labute approximate surface area is 108 Å². The van der Waals surface area contributed by atoms with Crippen LogP contribution in [0.4, 0.5) is 4.39 Å². The molecule has 1 saturated heterocycles. The Balaban J connectivity index is 1.79. The van der Waals surface area contributed by atoms with E-state index < -0.39 is 0 Å². The summed E-state index contributed by atoms with van der Waals surface area (Å²) >= 11 is 0. The number of benzene rings is 1. The number of hydrogen-bond acceptors (Lipinski definition) is 2. The zero-order valence-electron chi connectivity index (χ0n) is 10.8. The highest BCUT2D eigenvalue weighted by atomic mass is 19.1.